The Balaban J connectivity index is 2.14. The van der Waals surface area contributed by atoms with Crippen molar-refractivity contribution < 1.29 is 14.6 Å². The summed E-state index contributed by atoms with van der Waals surface area (Å²) in [5.74, 6) is 3.53. The van der Waals surface area contributed by atoms with E-state index in [-0.39, 0.29) is 18.1 Å². The van der Waals surface area contributed by atoms with Gasteiger partial charge in [0.15, 0.2) is 0 Å². The molecule has 0 bridgehead atoms. The van der Waals surface area contributed by atoms with Gasteiger partial charge in [0.1, 0.15) is 11.5 Å². The van der Waals surface area contributed by atoms with Crippen LogP contribution in [-0.2, 0) is 4.79 Å². The van der Waals surface area contributed by atoms with Crippen LogP contribution in [-0.4, -0.2) is 23.0 Å². The Morgan fingerprint density at radius 3 is 2.74 bits per heavy atom. The average Bonchev–Trinajstić information content (AvgIpc) is 2.60. The summed E-state index contributed by atoms with van der Waals surface area (Å²) in [6.07, 6.45) is 4.48. The summed E-state index contributed by atoms with van der Waals surface area (Å²) in [5.41, 5.74) is 0.781. The summed E-state index contributed by atoms with van der Waals surface area (Å²) in [6.45, 7) is 0. The molecule has 0 saturated heterocycles. The fourth-order valence-corrected chi connectivity index (χ4v) is 1.49. The van der Waals surface area contributed by atoms with Crippen LogP contribution in [0.15, 0.2) is 48.4 Å². The summed E-state index contributed by atoms with van der Waals surface area (Å²) in [5, 5.41) is 9.30. The van der Waals surface area contributed by atoms with Gasteiger partial charge in [0.05, 0.1) is 7.11 Å². The third-order valence-corrected chi connectivity index (χ3v) is 2.56. The zero-order chi connectivity index (χ0) is 13.7. The van der Waals surface area contributed by atoms with E-state index >= 15 is 0 Å². The zero-order valence-corrected chi connectivity index (χ0v) is 10.5. The number of ether oxygens (including phenoxy) is 1. The maximum absolute atomic E-state index is 11.7. The molecular formula is C15H13NO3. The zero-order valence-electron chi connectivity index (χ0n) is 10.5. The second kappa shape index (κ2) is 5.78. The summed E-state index contributed by atoms with van der Waals surface area (Å²) in [4.78, 5) is 12.9. The van der Waals surface area contributed by atoms with Gasteiger partial charge in [-0.15, -0.1) is 0 Å². The topological polar surface area (TPSA) is 49.8 Å². The highest BCUT2D eigenvalue weighted by Gasteiger charge is 2.10. The van der Waals surface area contributed by atoms with Crippen LogP contribution in [0.25, 0.3) is 0 Å². The average molecular weight is 255 g/mol. The maximum Gasteiger partial charge on any atom is 0.242 e. The number of rotatable bonds is 1. The van der Waals surface area contributed by atoms with Crippen molar-refractivity contribution in [3.05, 3.63) is 53.9 Å². The number of amides is 1. The molecule has 0 aromatic heterocycles. The van der Waals surface area contributed by atoms with Crippen molar-refractivity contribution in [1.82, 2.24) is 4.90 Å². The van der Waals surface area contributed by atoms with Gasteiger partial charge >= 0.3 is 0 Å². The monoisotopic (exact) mass is 255 g/mol. The SMILES string of the molecule is COc1ccc(C#CN2C=CC(O)=CCC2=O)cc1. The van der Waals surface area contributed by atoms with Crippen molar-refractivity contribution >= 4 is 5.91 Å². The molecule has 1 aliphatic heterocycles. The number of benzene rings is 1. The molecule has 1 N–H and O–H groups in total. The Bertz CT molecular complexity index is 588. The molecule has 1 aliphatic rings. The minimum atomic E-state index is -0.179. The number of hydrogen-bond donors (Lipinski definition) is 1. The van der Waals surface area contributed by atoms with Crippen LogP contribution in [0.1, 0.15) is 12.0 Å². The van der Waals surface area contributed by atoms with E-state index in [2.05, 4.69) is 12.0 Å². The van der Waals surface area contributed by atoms with Crippen molar-refractivity contribution in [2.24, 2.45) is 0 Å². The third-order valence-electron chi connectivity index (χ3n) is 2.56. The van der Waals surface area contributed by atoms with E-state index in [1.54, 1.807) is 19.2 Å². The molecule has 4 nitrogen and oxygen atoms in total. The molecule has 0 saturated carbocycles. The maximum atomic E-state index is 11.7. The highest BCUT2D eigenvalue weighted by Crippen LogP contribution is 2.11. The lowest BCUT2D eigenvalue weighted by atomic mass is 10.2. The van der Waals surface area contributed by atoms with Crippen LogP contribution in [0.5, 0.6) is 5.75 Å². The van der Waals surface area contributed by atoms with Crippen molar-refractivity contribution in [2.45, 2.75) is 6.42 Å². The first kappa shape index (κ1) is 12.8. The quantitative estimate of drug-likeness (QED) is 0.783. The number of carbonyl (C=O) groups excluding carboxylic acids is 1. The van der Waals surface area contributed by atoms with E-state index < -0.39 is 0 Å². The van der Waals surface area contributed by atoms with Gasteiger partial charge in [-0.3, -0.25) is 4.79 Å². The van der Waals surface area contributed by atoms with Gasteiger partial charge in [-0.05, 0) is 42.3 Å². The second-order valence-electron chi connectivity index (χ2n) is 3.88. The van der Waals surface area contributed by atoms with Gasteiger partial charge < -0.3 is 9.84 Å². The number of methoxy groups -OCH3 is 1. The number of aliphatic hydroxyl groups excluding tert-OH is 1. The summed E-state index contributed by atoms with van der Waals surface area (Å²) in [6, 6.07) is 9.98. The lowest BCUT2D eigenvalue weighted by Gasteiger charge is -2.06. The van der Waals surface area contributed by atoms with Crippen LogP contribution in [0.4, 0.5) is 0 Å². The molecule has 0 spiro atoms. The molecule has 1 heterocycles. The fourth-order valence-electron chi connectivity index (χ4n) is 1.49. The third kappa shape index (κ3) is 3.39. The molecule has 2 rings (SSSR count). The molecule has 1 aromatic rings. The van der Waals surface area contributed by atoms with E-state index in [0.717, 1.165) is 11.3 Å². The molecule has 1 amide bonds. The minimum Gasteiger partial charge on any atom is -0.508 e. The fraction of sp³-hybridized carbons (Fsp3) is 0.133. The molecule has 0 unspecified atom stereocenters. The van der Waals surface area contributed by atoms with E-state index in [4.69, 9.17) is 4.74 Å². The van der Waals surface area contributed by atoms with E-state index in [0.29, 0.717) is 0 Å². The Morgan fingerprint density at radius 1 is 1.32 bits per heavy atom. The molecule has 96 valence electrons. The molecule has 0 aliphatic carbocycles. The highest BCUT2D eigenvalue weighted by molar-refractivity contribution is 5.81. The van der Waals surface area contributed by atoms with Gasteiger partial charge in [0.2, 0.25) is 5.91 Å². The predicted molar refractivity (Wildman–Crippen MR) is 71.2 cm³/mol. The normalized spacial score (nSPS) is 14.3. The molecule has 0 radical (unpaired) electrons. The van der Waals surface area contributed by atoms with E-state index in [9.17, 15) is 9.90 Å². The summed E-state index contributed by atoms with van der Waals surface area (Å²) < 4.78 is 5.05. The number of nitrogens with zero attached hydrogens (tertiary/aromatic N) is 1. The first-order valence-electron chi connectivity index (χ1n) is 5.74. The Morgan fingerprint density at radius 2 is 2.05 bits per heavy atom. The first-order chi connectivity index (χ1) is 9.19. The van der Waals surface area contributed by atoms with Crippen LogP contribution in [0.2, 0.25) is 0 Å². The number of allylic oxidation sites excluding steroid dienone is 1. The van der Waals surface area contributed by atoms with E-state index in [1.807, 2.05) is 12.1 Å². The van der Waals surface area contributed by atoms with Gasteiger partial charge in [-0.1, -0.05) is 0 Å². The largest absolute Gasteiger partial charge is 0.508 e. The smallest absolute Gasteiger partial charge is 0.242 e. The lowest BCUT2D eigenvalue weighted by molar-refractivity contribution is -0.125. The van der Waals surface area contributed by atoms with Crippen molar-refractivity contribution in [3.63, 3.8) is 0 Å². The molecular weight excluding hydrogens is 242 g/mol. The summed E-state index contributed by atoms with van der Waals surface area (Å²) >= 11 is 0. The van der Waals surface area contributed by atoms with Crippen LogP contribution < -0.4 is 4.74 Å². The minimum absolute atomic E-state index is 0.0714. The Kier molecular flexibility index (Phi) is 3.89. The summed E-state index contributed by atoms with van der Waals surface area (Å²) in [7, 11) is 1.60. The van der Waals surface area contributed by atoms with Crippen LogP contribution in [0, 0.1) is 12.0 Å². The van der Waals surface area contributed by atoms with Crippen molar-refractivity contribution in [3.8, 4) is 17.7 Å². The Labute approximate surface area is 111 Å². The van der Waals surface area contributed by atoms with Gasteiger partial charge in [-0.25, -0.2) is 4.90 Å². The van der Waals surface area contributed by atoms with Gasteiger partial charge in [0.25, 0.3) is 0 Å². The molecule has 19 heavy (non-hydrogen) atoms. The predicted octanol–water partition coefficient (Wildman–Crippen LogP) is 2.19. The molecule has 0 fully saturated rings. The van der Waals surface area contributed by atoms with Gasteiger partial charge in [0, 0.05) is 24.2 Å². The highest BCUT2D eigenvalue weighted by atomic mass is 16.5. The molecule has 4 heteroatoms. The molecule has 0 atom stereocenters. The number of aliphatic hydroxyl groups is 1. The van der Waals surface area contributed by atoms with Gasteiger partial charge in [-0.2, -0.15) is 0 Å². The Hall–Kier alpha value is -2.67. The van der Waals surface area contributed by atoms with Crippen LogP contribution in [0.3, 0.4) is 0 Å². The lowest BCUT2D eigenvalue weighted by Crippen LogP contribution is -2.18. The second-order valence-corrected chi connectivity index (χ2v) is 3.88. The first-order valence-corrected chi connectivity index (χ1v) is 5.74. The standard InChI is InChI=1S/C15H13NO3/c1-19-14-5-2-12(3-6-14)8-10-16-11-9-13(17)4-7-15(16)18/h2-6,9,11,17H,7H2,1H3. The van der Waals surface area contributed by atoms with Crippen LogP contribution >= 0.6 is 0 Å². The van der Waals surface area contributed by atoms with Crippen molar-refractivity contribution in [2.75, 3.05) is 7.11 Å². The molecule has 1 aromatic carbocycles. The number of hydrogen-bond acceptors (Lipinski definition) is 3. The number of carbonyl (C=O) groups is 1. The van der Waals surface area contributed by atoms with Crippen molar-refractivity contribution in [1.29, 1.82) is 0 Å². The van der Waals surface area contributed by atoms with E-state index in [1.165, 1.54) is 23.3 Å².